The topological polar surface area (TPSA) is 107 Å². The molecule has 1 aliphatic carbocycles. The fraction of sp³-hybridized carbons (Fsp3) is 0.481. The van der Waals surface area contributed by atoms with E-state index in [1.165, 1.54) is 11.3 Å². The van der Waals surface area contributed by atoms with Crippen LogP contribution < -0.4 is 4.74 Å². The van der Waals surface area contributed by atoms with Gasteiger partial charge >= 0.3 is 5.97 Å². The number of carboxylic acid groups (broad SMARTS) is 1. The first-order chi connectivity index (χ1) is 17.6. The fourth-order valence-electron chi connectivity index (χ4n) is 6.18. The van der Waals surface area contributed by atoms with Crippen LogP contribution in [0.25, 0.3) is 0 Å². The maximum Gasteiger partial charge on any atom is 0.331 e. The number of likely N-dealkylation sites (tertiary alicyclic amines) is 1. The van der Waals surface area contributed by atoms with Crippen LogP contribution in [0.15, 0.2) is 48.2 Å². The SMILES string of the molecule is COCC12CC1C(Cn1cccn1)(C(=O)O)N(C(=O)c1ccc(C(C)(C)C)c(OC)c1)C2c1nccs1. The molecule has 0 spiro atoms. The van der Waals surface area contributed by atoms with Crippen LogP contribution in [0.5, 0.6) is 5.75 Å². The lowest BCUT2D eigenvalue weighted by molar-refractivity contribution is -0.152. The van der Waals surface area contributed by atoms with E-state index in [9.17, 15) is 14.7 Å². The minimum Gasteiger partial charge on any atom is -0.496 e. The summed E-state index contributed by atoms with van der Waals surface area (Å²) < 4.78 is 12.9. The molecule has 3 heterocycles. The highest BCUT2D eigenvalue weighted by Gasteiger charge is 2.81. The van der Waals surface area contributed by atoms with Crippen LogP contribution in [0, 0.1) is 11.3 Å². The quantitative estimate of drug-likeness (QED) is 0.474. The molecule has 1 N–H and O–H groups in total. The summed E-state index contributed by atoms with van der Waals surface area (Å²) in [6.45, 7) is 6.58. The third-order valence-corrected chi connectivity index (χ3v) is 8.66. The van der Waals surface area contributed by atoms with Gasteiger partial charge in [-0.3, -0.25) is 9.48 Å². The Hall–Kier alpha value is -3.24. The molecule has 10 heteroatoms. The van der Waals surface area contributed by atoms with Crippen molar-refractivity contribution in [1.29, 1.82) is 0 Å². The fourth-order valence-corrected chi connectivity index (χ4v) is 7.04. The van der Waals surface area contributed by atoms with Gasteiger partial charge in [0.1, 0.15) is 10.8 Å². The molecule has 1 saturated heterocycles. The second kappa shape index (κ2) is 8.95. The van der Waals surface area contributed by atoms with E-state index < -0.39 is 23.0 Å². The number of carbonyl (C=O) groups is 2. The largest absolute Gasteiger partial charge is 0.496 e. The number of rotatable bonds is 8. The molecule has 4 atom stereocenters. The lowest BCUT2D eigenvalue weighted by Gasteiger charge is -2.41. The summed E-state index contributed by atoms with van der Waals surface area (Å²) in [6, 6.07) is 6.57. The monoisotopic (exact) mass is 524 g/mol. The van der Waals surface area contributed by atoms with Crippen LogP contribution in [0.1, 0.15) is 54.2 Å². The second-order valence-corrected chi connectivity index (χ2v) is 11.9. The standard InChI is InChI=1S/C27H32N4O5S/c1-25(2,3)18-8-7-17(13-19(18)36-5)23(32)31-21(22-28-10-12-37-22)26(16-35-4)14-20(26)27(31,24(33)34)15-30-11-6-9-29-30/h6-13,20-21H,14-16H2,1-5H3,(H,33,34). The minimum absolute atomic E-state index is 0.0241. The molecule has 1 saturated carbocycles. The lowest BCUT2D eigenvalue weighted by Crippen LogP contribution is -2.59. The Morgan fingerprint density at radius 1 is 1.24 bits per heavy atom. The third kappa shape index (κ3) is 3.85. The molecule has 4 unspecified atom stereocenters. The van der Waals surface area contributed by atoms with Gasteiger partial charge in [0.15, 0.2) is 5.54 Å². The highest BCUT2D eigenvalue weighted by Crippen LogP contribution is 2.74. The number of aromatic nitrogens is 3. The maximum atomic E-state index is 14.5. The van der Waals surface area contributed by atoms with Crippen molar-refractivity contribution in [3.8, 4) is 5.75 Å². The van der Waals surface area contributed by atoms with Crippen molar-refractivity contribution in [3.05, 3.63) is 64.4 Å². The predicted molar refractivity (Wildman–Crippen MR) is 138 cm³/mol. The molecule has 1 aliphatic heterocycles. The Balaban J connectivity index is 1.69. The van der Waals surface area contributed by atoms with Gasteiger partial charge in [-0.25, -0.2) is 9.78 Å². The zero-order valence-corrected chi connectivity index (χ0v) is 22.5. The van der Waals surface area contributed by atoms with Crippen LogP contribution >= 0.6 is 11.3 Å². The molecule has 5 rings (SSSR count). The smallest absolute Gasteiger partial charge is 0.331 e. The number of hydrogen-bond acceptors (Lipinski definition) is 7. The predicted octanol–water partition coefficient (Wildman–Crippen LogP) is 4.02. The van der Waals surface area contributed by atoms with Crippen LogP contribution in [0.3, 0.4) is 0 Å². The first-order valence-electron chi connectivity index (χ1n) is 12.2. The van der Waals surface area contributed by atoms with Gasteiger partial charge in [0, 0.05) is 48.0 Å². The number of carboxylic acids is 1. The number of fused-ring (bicyclic) bond motifs is 1. The summed E-state index contributed by atoms with van der Waals surface area (Å²) in [4.78, 5) is 33.9. The number of ether oxygens (including phenoxy) is 2. The number of thiazole rings is 1. The van der Waals surface area contributed by atoms with Gasteiger partial charge in [-0.15, -0.1) is 11.3 Å². The number of nitrogens with zero attached hydrogens (tertiary/aromatic N) is 4. The van der Waals surface area contributed by atoms with Gasteiger partial charge in [-0.1, -0.05) is 26.8 Å². The van der Waals surface area contributed by atoms with Crippen molar-refractivity contribution >= 4 is 23.2 Å². The van der Waals surface area contributed by atoms with E-state index in [4.69, 9.17) is 9.47 Å². The molecular formula is C27H32N4O5S. The second-order valence-electron chi connectivity index (χ2n) is 11.0. The minimum atomic E-state index is -1.53. The molecule has 1 aromatic carbocycles. The number of methoxy groups -OCH3 is 2. The molecule has 3 aromatic rings. The molecular weight excluding hydrogens is 492 g/mol. The maximum absolute atomic E-state index is 14.5. The van der Waals surface area contributed by atoms with Gasteiger partial charge in [-0.05, 0) is 35.6 Å². The summed E-state index contributed by atoms with van der Waals surface area (Å²) >= 11 is 1.42. The summed E-state index contributed by atoms with van der Waals surface area (Å²) in [5.74, 6) is -1.17. The van der Waals surface area contributed by atoms with Crippen molar-refractivity contribution in [1.82, 2.24) is 19.7 Å². The summed E-state index contributed by atoms with van der Waals surface area (Å²) in [5, 5.41) is 17.7. The average Bonchev–Trinajstić information content (AvgIpc) is 3.25. The Morgan fingerprint density at radius 2 is 2.03 bits per heavy atom. The molecule has 1 amide bonds. The van der Waals surface area contributed by atoms with Crippen molar-refractivity contribution in [2.75, 3.05) is 20.8 Å². The van der Waals surface area contributed by atoms with Crippen LogP contribution in [0.4, 0.5) is 0 Å². The Labute approximate surface area is 220 Å². The van der Waals surface area contributed by atoms with Gasteiger partial charge in [-0.2, -0.15) is 5.10 Å². The van der Waals surface area contributed by atoms with Gasteiger partial charge in [0.25, 0.3) is 5.91 Å². The van der Waals surface area contributed by atoms with E-state index in [-0.39, 0.29) is 23.8 Å². The molecule has 2 aromatic heterocycles. The van der Waals surface area contributed by atoms with E-state index in [2.05, 4.69) is 30.9 Å². The Bertz CT molecular complexity index is 1300. The van der Waals surface area contributed by atoms with Crippen LogP contribution in [0.2, 0.25) is 0 Å². The highest BCUT2D eigenvalue weighted by atomic mass is 32.1. The molecule has 196 valence electrons. The molecule has 2 aliphatic rings. The van der Waals surface area contributed by atoms with E-state index >= 15 is 0 Å². The van der Waals surface area contributed by atoms with Crippen molar-refractivity contribution in [3.63, 3.8) is 0 Å². The van der Waals surface area contributed by atoms with Gasteiger partial charge in [0.2, 0.25) is 0 Å². The lowest BCUT2D eigenvalue weighted by atomic mass is 9.85. The van der Waals surface area contributed by atoms with E-state index in [0.717, 1.165) is 5.56 Å². The Kier molecular flexibility index (Phi) is 6.15. The number of amides is 1. The molecule has 9 nitrogen and oxygen atoms in total. The summed E-state index contributed by atoms with van der Waals surface area (Å²) in [7, 11) is 3.19. The number of aliphatic carboxylic acids is 1. The molecule has 37 heavy (non-hydrogen) atoms. The molecule has 2 fully saturated rings. The highest BCUT2D eigenvalue weighted by molar-refractivity contribution is 7.09. The number of hydrogen-bond donors (Lipinski definition) is 1. The third-order valence-electron chi connectivity index (χ3n) is 7.83. The Morgan fingerprint density at radius 3 is 2.59 bits per heavy atom. The number of carbonyl (C=O) groups excluding carboxylic acids is 1. The van der Waals surface area contributed by atoms with Crippen molar-refractivity contribution < 1.29 is 24.2 Å². The molecule has 0 radical (unpaired) electrons. The van der Waals surface area contributed by atoms with E-state index in [1.54, 1.807) is 60.6 Å². The van der Waals surface area contributed by atoms with Crippen LogP contribution in [-0.2, 0) is 21.5 Å². The first kappa shape index (κ1) is 25.4. The average molecular weight is 525 g/mol. The number of piperidine rings is 1. The molecule has 0 bridgehead atoms. The summed E-state index contributed by atoms with van der Waals surface area (Å²) in [6.07, 6.45) is 5.65. The van der Waals surface area contributed by atoms with Crippen molar-refractivity contribution in [2.24, 2.45) is 11.3 Å². The van der Waals surface area contributed by atoms with Crippen molar-refractivity contribution in [2.45, 2.75) is 50.7 Å². The van der Waals surface area contributed by atoms with Gasteiger partial charge in [0.05, 0.1) is 26.3 Å². The zero-order chi connectivity index (χ0) is 26.6. The number of benzene rings is 1. The van der Waals surface area contributed by atoms with E-state index in [0.29, 0.717) is 29.3 Å². The normalized spacial score (nSPS) is 26.7. The first-order valence-corrected chi connectivity index (χ1v) is 13.1. The van der Waals surface area contributed by atoms with E-state index in [1.807, 2.05) is 11.4 Å². The van der Waals surface area contributed by atoms with Gasteiger partial charge < -0.3 is 19.5 Å². The van der Waals surface area contributed by atoms with Crippen LogP contribution in [-0.4, -0.2) is 63.0 Å². The summed E-state index contributed by atoms with van der Waals surface area (Å²) in [5.41, 5.74) is -0.952. The zero-order valence-electron chi connectivity index (χ0n) is 21.7.